The molecule has 0 spiro atoms. The second-order valence-electron chi connectivity index (χ2n) is 6.76. The number of nitrogens with one attached hydrogen (secondary N) is 2. The van der Waals surface area contributed by atoms with E-state index in [0.717, 1.165) is 21.2 Å². The van der Waals surface area contributed by atoms with E-state index in [2.05, 4.69) is 31.4 Å². The minimum absolute atomic E-state index is 0.0142. The lowest BCUT2D eigenvalue weighted by Crippen LogP contribution is -2.33. The number of ether oxygens (including phenoxy) is 1. The zero-order valence-corrected chi connectivity index (χ0v) is 18.9. The van der Waals surface area contributed by atoms with Gasteiger partial charge in [-0.05, 0) is 36.8 Å². The van der Waals surface area contributed by atoms with Gasteiger partial charge in [0, 0.05) is 10.0 Å². The van der Waals surface area contributed by atoms with E-state index in [1.54, 1.807) is 4.57 Å². The van der Waals surface area contributed by atoms with E-state index in [4.69, 9.17) is 17.0 Å². The summed E-state index contributed by atoms with van der Waals surface area (Å²) in [6, 6.07) is 14.7. The monoisotopic (exact) mass is 488 g/mol. The number of hydrogen-bond donors (Lipinski definition) is 2. The van der Waals surface area contributed by atoms with Gasteiger partial charge < -0.3 is 10.1 Å². The second-order valence-corrected chi connectivity index (χ2v) is 8.06. The number of hydrogen-bond acceptors (Lipinski definition) is 5. The molecule has 0 saturated carbocycles. The van der Waals surface area contributed by atoms with E-state index in [0.29, 0.717) is 10.6 Å². The van der Waals surface area contributed by atoms with Crippen molar-refractivity contribution in [1.29, 1.82) is 0 Å². The maximum atomic E-state index is 12.9. The fraction of sp³-hybridized carbons (Fsp3) is 0.238. The Morgan fingerprint density at radius 3 is 2.67 bits per heavy atom. The summed E-state index contributed by atoms with van der Waals surface area (Å²) in [4.78, 5) is 24.7. The summed E-state index contributed by atoms with van der Waals surface area (Å²) in [6.45, 7) is 1.96. The standard InChI is InChI=1S/C21H21BrN4O3S/c1-13-6-8-14(9-7-13)20-24-25-21(30)26(20)12-18(27)23-17(11-19(28)29-2)15-4-3-5-16(22)10-15/h3-10,17H,11-12H2,1-2H3,(H,23,27)(H,25,30). The maximum Gasteiger partial charge on any atom is 0.307 e. The van der Waals surface area contributed by atoms with Crippen LogP contribution in [0.1, 0.15) is 23.6 Å². The first kappa shape index (κ1) is 21.9. The molecule has 1 aromatic heterocycles. The van der Waals surface area contributed by atoms with Crippen LogP contribution in [0.5, 0.6) is 0 Å². The molecule has 1 unspecified atom stereocenters. The lowest BCUT2D eigenvalue weighted by molar-refractivity contribution is -0.141. The number of aromatic nitrogens is 3. The normalized spacial score (nSPS) is 11.7. The maximum absolute atomic E-state index is 12.9. The number of nitrogens with zero attached hydrogens (tertiary/aromatic N) is 2. The number of rotatable bonds is 7. The van der Waals surface area contributed by atoms with Crippen molar-refractivity contribution in [2.45, 2.75) is 25.9 Å². The van der Waals surface area contributed by atoms with Gasteiger partial charge in [0.05, 0.1) is 19.6 Å². The van der Waals surface area contributed by atoms with Gasteiger partial charge in [-0.15, -0.1) is 0 Å². The molecule has 30 heavy (non-hydrogen) atoms. The van der Waals surface area contributed by atoms with E-state index in [-0.39, 0.29) is 18.9 Å². The van der Waals surface area contributed by atoms with Gasteiger partial charge in [-0.2, -0.15) is 5.10 Å². The molecule has 0 aliphatic heterocycles. The van der Waals surface area contributed by atoms with Gasteiger partial charge in [0.2, 0.25) is 5.91 Å². The third-order valence-corrected chi connectivity index (χ3v) is 5.36. The van der Waals surface area contributed by atoms with Gasteiger partial charge in [0.15, 0.2) is 10.6 Å². The average Bonchev–Trinajstić information content (AvgIpc) is 3.08. The molecule has 2 N–H and O–H groups in total. The van der Waals surface area contributed by atoms with Crippen LogP contribution >= 0.6 is 28.1 Å². The molecule has 0 bridgehead atoms. The van der Waals surface area contributed by atoms with Crippen LogP contribution in [0.2, 0.25) is 0 Å². The predicted molar refractivity (Wildman–Crippen MR) is 119 cm³/mol. The van der Waals surface area contributed by atoms with Crippen molar-refractivity contribution in [2.24, 2.45) is 0 Å². The quantitative estimate of drug-likeness (QED) is 0.386. The third-order valence-electron chi connectivity index (χ3n) is 4.55. The van der Waals surface area contributed by atoms with Crippen LogP contribution in [-0.4, -0.2) is 33.8 Å². The van der Waals surface area contributed by atoms with Crippen LogP contribution in [0.4, 0.5) is 0 Å². The first-order valence-corrected chi connectivity index (χ1v) is 10.4. The van der Waals surface area contributed by atoms with Gasteiger partial charge in [-0.25, -0.2) is 0 Å². The van der Waals surface area contributed by atoms with E-state index in [1.807, 2.05) is 55.5 Å². The van der Waals surface area contributed by atoms with Crippen LogP contribution in [0, 0.1) is 11.7 Å². The minimum Gasteiger partial charge on any atom is -0.469 e. The molecular weight excluding hydrogens is 468 g/mol. The van der Waals surface area contributed by atoms with E-state index < -0.39 is 12.0 Å². The Labute approximate surface area is 187 Å². The summed E-state index contributed by atoms with van der Waals surface area (Å²) >= 11 is 8.73. The number of methoxy groups -OCH3 is 1. The van der Waals surface area contributed by atoms with Crippen LogP contribution in [0.25, 0.3) is 11.4 Å². The van der Waals surface area contributed by atoms with Crippen molar-refractivity contribution in [3.05, 3.63) is 68.9 Å². The number of amides is 1. The number of aromatic amines is 1. The Morgan fingerprint density at radius 2 is 2.00 bits per heavy atom. The average molecular weight is 489 g/mol. The highest BCUT2D eigenvalue weighted by Gasteiger charge is 2.20. The summed E-state index contributed by atoms with van der Waals surface area (Å²) in [6.07, 6.45) is 0.0142. The van der Waals surface area contributed by atoms with Gasteiger partial charge in [-0.1, -0.05) is 57.9 Å². The fourth-order valence-corrected chi connectivity index (χ4v) is 3.61. The van der Waals surface area contributed by atoms with Crippen LogP contribution < -0.4 is 5.32 Å². The first-order chi connectivity index (χ1) is 14.4. The molecule has 3 rings (SSSR count). The van der Waals surface area contributed by atoms with E-state index >= 15 is 0 Å². The molecule has 1 amide bonds. The summed E-state index contributed by atoms with van der Waals surface area (Å²) in [5.74, 6) is -0.141. The highest BCUT2D eigenvalue weighted by Crippen LogP contribution is 2.22. The molecule has 2 aromatic carbocycles. The van der Waals surface area contributed by atoms with Crippen molar-refractivity contribution >= 4 is 40.0 Å². The second kappa shape index (κ2) is 9.82. The van der Waals surface area contributed by atoms with Crippen molar-refractivity contribution in [1.82, 2.24) is 20.1 Å². The van der Waals surface area contributed by atoms with Crippen LogP contribution in [0.3, 0.4) is 0 Å². The molecule has 9 heteroatoms. The minimum atomic E-state index is -0.536. The zero-order valence-electron chi connectivity index (χ0n) is 16.5. The van der Waals surface area contributed by atoms with Crippen molar-refractivity contribution in [3.8, 4) is 11.4 Å². The third kappa shape index (κ3) is 5.43. The summed E-state index contributed by atoms with van der Waals surface area (Å²) in [5.41, 5.74) is 2.76. The number of esters is 1. The molecule has 7 nitrogen and oxygen atoms in total. The number of H-pyrrole nitrogens is 1. The Hall–Kier alpha value is -2.78. The molecule has 3 aromatic rings. The fourth-order valence-electron chi connectivity index (χ4n) is 3.00. The van der Waals surface area contributed by atoms with Crippen molar-refractivity contribution in [3.63, 3.8) is 0 Å². The number of aryl methyl sites for hydroxylation is 1. The van der Waals surface area contributed by atoms with Crippen LogP contribution in [0.15, 0.2) is 53.0 Å². The number of benzene rings is 2. The number of carbonyl (C=O) groups is 2. The lowest BCUT2D eigenvalue weighted by Gasteiger charge is -2.19. The van der Waals surface area contributed by atoms with Gasteiger partial charge in [0.1, 0.15) is 6.54 Å². The molecule has 0 radical (unpaired) electrons. The van der Waals surface area contributed by atoms with Crippen molar-refractivity contribution < 1.29 is 14.3 Å². The Kier molecular flexibility index (Phi) is 7.17. The van der Waals surface area contributed by atoms with Gasteiger partial charge in [-0.3, -0.25) is 19.3 Å². The summed E-state index contributed by atoms with van der Waals surface area (Å²) < 4.78 is 7.61. The van der Waals surface area contributed by atoms with Gasteiger partial charge in [0.25, 0.3) is 0 Å². The Bertz CT molecular complexity index is 1110. The molecule has 0 fully saturated rings. The van der Waals surface area contributed by atoms with Gasteiger partial charge >= 0.3 is 5.97 Å². The van der Waals surface area contributed by atoms with Crippen molar-refractivity contribution in [2.75, 3.05) is 7.11 Å². The lowest BCUT2D eigenvalue weighted by atomic mass is 10.0. The smallest absolute Gasteiger partial charge is 0.307 e. The highest BCUT2D eigenvalue weighted by molar-refractivity contribution is 9.10. The molecule has 1 heterocycles. The molecule has 0 aliphatic carbocycles. The summed E-state index contributed by atoms with van der Waals surface area (Å²) in [5, 5.41) is 9.92. The topological polar surface area (TPSA) is 89.0 Å². The zero-order chi connectivity index (χ0) is 21.7. The molecule has 1 atom stereocenters. The van der Waals surface area contributed by atoms with E-state index in [1.165, 1.54) is 7.11 Å². The number of carbonyl (C=O) groups excluding carboxylic acids is 2. The van der Waals surface area contributed by atoms with E-state index in [9.17, 15) is 9.59 Å². The molecule has 0 aliphatic rings. The molecule has 156 valence electrons. The predicted octanol–water partition coefficient (Wildman–Crippen LogP) is 4.10. The molecule has 0 saturated heterocycles. The largest absolute Gasteiger partial charge is 0.469 e. The Balaban J connectivity index is 1.82. The SMILES string of the molecule is COC(=O)CC(NC(=O)Cn1c(-c2ccc(C)cc2)n[nH]c1=S)c1cccc(Br)c1. The number of halogens is 1. The molecular formula is C21H21BrN4O3S. The summed E-state index contributed by atoms with van der Waals surface area (Å²) in [7, 11) is 1.32. The highest BCUT2D eigenvalue weighted by atomic mass is 79.9. The Morgan fingerprint density at radius 1 is 1.27 bits per heavy atom. The van der Waals surface area contributed by atoms with Crippen LogP contribution in [-0.2, 0) is 20.9 Å². The first-order valence-electron chi connectivity index (χ1n) is 9.21.